The lowest BCUT2D eigenvalue weighted by Crippen LogP contribution is -2.53. The maximum atomic E-state index is 4.96. The van der Waals surface area contributed by atoms with E-state index in [1.165, 1.54) is 36.8 Å². The van der Waals surface area contributed by atoms with Gasteiger partial charge in [0.1, 0.15) is 5.82 Å². The highest BCUT2D eigenvalue weighted by Gasteiger charge is 2.25. The molecule has 212 valence electrons. The number of anilines is 1. The van der Waals surface area contributed by atoms with Gasteiger partial charge in [0.2, 0.25) is 0 Å². The fourth-order valence-electron chi connectivity index (χ4n) is 6.14. The van der Waals surface area contributed by atoms with Crippen molar-refractivity contribution in [3.05, 3.63) is 84.8 Å². The van der Waals surface area contributed by atoms with Crippen LogP contribution in [0.5, 0.6) is 0 Å². The summed E-state index contributed by atoms with van der Waals surface area (Å²) in [6, 6.07) is 22.0. The number of hydrogen-bond acceptors (Lipinski definition) is 6. The third kappa shape index (κ3) is 6.83. The Morgan fingerprint density at radius 2 is 1.56 bits per heavy atom. The zero-order valence-corrected chi connectivity index (χ0v) is 24.7. The van der Waals surface area contributed by atoms with E-state index in [9.17, 15) is 0 Å². The van der Waals surface area contributed by atoms with Gasteiger partial charge in [-0.25, -0.2) is 4.98 Å². The first-order valence-corrected chi connectivity index (χ1v) is 15.1. The van der Waals surface area contributed by atoms with Gasteiger partial charge < -0.3 is 5.32 Å². The number of aromatic nitrogens is 3. The standard InChI is InChI=1S/C35H42N6/c1-35(2,3)41-17-15-40(16-18-41)25-26-9-8-10-27(19-26)29-20-30(24-36-23-29)28-21-33(32-13-6-7-14-37-32)39-34(22-28)38-31-11-4-5-12-31/h6-10,13-14,19-24,31H,4-5,11-12,15-18,25H2,1-3H3,(H,38,39). The highest BCUT2D eigenvalue weighted by Crippen LogP contribution is 2.31. The van der Waals surface area contributed by atoms with Crippen LogP contribution in [0.4, 0.5) is 5.82 Å². The molecule has 0 spiro atoms. The summed E-state index contributed by atoms with van der Waals surface area (Å²) in [6.45, 7) is 12.4. The van der Waals surface area contributed by atoms with E-state index in [-0.39, 0.29) is 5.54 Å². The summed E-state index contributed by atoms with van der Waals surface area (Å²) in [5.41, 5.74) is 7.86. The van der Waals surface area contributed by atoms with Crippen LogP contribution in [0.3, 0.4) is 0 Å². The Morgan fingerprint density at radius 1 is 0.780 bits per heavy atom. The van der Waals surface area contributed by atoms with Gasteiger partial charge in [-0.05, 0) is 86.7 Å². The molecule has 1 aromatic carbocycles. The summed E-state index contributed by atoms with van der Waals surface area (Å²) in [7, 11) is 0. The Labute approximate surface area is 244 Å². The van der Waals surface area contributed by atoms with Crippen molar-refractivity contribution in [3.8, 4) is 33.6 Å². The minimum atomic E-state index is 0.241. The van der Waals surface area contributed by atoms with Gasteiger partial charge in [-0.2, -0.15) is 0 Å². The van der Waals surface area contributed by atoms with Gasteiger partial charge in [-0.1, -0.05) is 37.1 Å². The van der Waals surface area contributed by atoms with Crippen molar-refractivity contribution in [2.45, 2.75) is 64.6 Å². The molecule has 0 amide bonds. The van der Waals surface area contributed by atoms with E-state index < -0.39 is 0 Å². The minimum Gasteiger partial charge on any atom is -0.367 e. The van der Waals surface area contributed by atoms with E-state index in [0.29, 0.717) is 6.04 Å². The molecule has 1 aliphatic carbocycles. The van der Waals surface area contributed by atoms with Gasteiger partial charge in [-0.15, -0.1) is 0 Å². The van der Waals surface area contributed by atoms with E-state index in [0.717, 1.165) is 66.6 Å². The molecule has 1 N–H and O–H groups in total. The van der Waals surface area contributed by atoms with Crippen LogP contribution in [0.15, 0.2) is 79.3 Å². The summed E-state index contributed by atoms with van der Waals surface area (Å²) in [4.78, 5) is 19.4. The van der Waals surface area contributed by atoms with Crippen molar-refractivity contribution in [1.29, 1.82) is 0 Å². The fraction of sp³-hybridized carbons (Fsp3) is 0.400. The predicted molar refractivity (Wildman–Crippen MR) is 169 cm³/mol. The smallest absolute Gasteiger partial charge is 0.127 e. The van der Waals surface area contributed by atoms with Crippen molar-refractivity contribution in [3.63, 3.8) is 0 Å². The van der Waals surface area contributed by atoms with Crippen LogP contribution in [0, 0.1) is 0 Å². The van der Waals surface area contributed by atoms with Crippen molar-refractivity contribution >= 4 is 5.82 Å². The van der Waals surface area contributed by atoms with Crippen LogP contribution < -0.4 is 5.32 Å². The van der Waals surface area contributed by atoms with Gasteiger partial charge in [0.15, 0.2) is 0 Å². The molecule has 1 saturated heterocycles. The number of nitrogens with one attached hydrogen (secondary N) is 1. The van der Waals surface area contributed by atoms with Crippen LogP contribution in [0.1, 0.15) is 52.0 Å². The fourth-order valence-corrected chi connectivity index (χ4v) is 6.14. The lowest BCUT2D eigenvalue weighted by molar-refractivity contribution is 0.0591. The van der Waals surface area contributed by atoms with Crippen molar-refractivity contribution < 1.29 is 0 Å². The average Bonchev–Trinajstić information content (AvgIpc) is 3.51. The number of benzene rings is 1. The first-order chi connectivity index (χ1) is 19.9. The summed E-state index contributed by atoms with van der Waals surface area (Å²) in [5.74, 6) is 0.911. The highest BCUT2D eigenvalue weighted by atomic mass is 15.3. The molecule has 0 bridgehead atoms. The van der Waals surface area contributed by atoms with E-state index in [1.54, 1.807) is 0 Å². The number of piperazine rings is 1. The molecule has 0 radical (unpaired) electrons. The molecule has 2 aliphatic rings. The van der Waals surface area contributed by atoms with Crippen molar-refractivity contribution in [1.82, 2.24) is 24.8 Å². The zero-order valence-electron chi connectivity index (χ0n) is 24.7. The van der Waals surface area contributed by atoms with Crippen LogP contribution in [-0.4, -0.2) is 62.5 Å². The van der Waals surface area contributed by atoms with E-state index in [1.807, 2.05) is 36.8 Å². The van der Waals surface area contributed by atoms with Crippen molar-refractivity contribution in [2.24, 2.45) is 0 Å². The van der Waals surface area contributed by atoms with E-state index in [2.05, 4.69) is 88.3 Å². The number of rotatable bonds is 7. The molecule has 6 heteroatoms. The van der Waals surface area contributed by atoms with Gasteiger partial charge in [0.05, 0.1) is 11.4 Å². The maximum absolute atomic E-state index is 4.96. The molecule has 4 heterocycles. The summed E-state index contributed by atoms with van der Waals surface area (Å²) in [6.07, 6.45) is 10.7. The number of pyridine rings is 3. The topological polar surface area (TPSA) is 57.2 Å². The van der Waals surface area contributed by atoms with Gasteiger partial charge >= 0.3 is 0 Å². The third-order valence-corrected chi connectivity index (χ3v) is 8.52. The van der Waals surface area contributed by atoms with E-state index in [4.69, 9.17) is 4.98 Å². The molecular formula is C35H42N6. The quantitative estimate of drug-likeness (QED) is 0.266. The summed E-state index contributed by atoms with van der Waals surface area (Å²) in [5, 5.41) is 3.70. The first-order valence-electron chi connectivity index (χ1n) is 15.1. The Kier molecular flexibility index (Phi) is 8.13. The van der Waals surface area contributed by atoms with E-state index >= 15 is 0 Å². The maximum Gasteiger partial charge on any atom is 0.127 e. The second-order valence-electron chi connectivity index (χ2n) is 12.6. The second-order valence-corrected chi connectivity index (χ2v) is 12.6. The number of nitrogens with zero attached hydrogens (tertiary/aromatic N) is 5. The Hall–Kier alpha value is -3.61. The first kappa shape index (κ1) is 27.6. The van der Waals surface area contributed by atoms with Crippen LogP contribution in [-0.2, 0) is 6.54 Å². The molecular weight excluding hydrogens is 504 g/mol. The predicted octanol–water partition coefficient (Wildman–Crippen LogP) is 7.14. The zero-order chi connectivity index (χ0) is 28.2. The molecule has 6 nitrogen and oxygen atoms in total. The molecule has 0 unspecified atom stereocenters. The Bertz CT molecular complexity index is 1450. The van der Waals surface area contributed by atoms with Crippen molar-refractivity contribution in [2.75, 3.05) is 31.5 Å². The molecule has 1 saturated carbocycles. The summed E-state index contributed by atoms with van der Waals surface area (Å²) < 4.78 is 0. The minimum absolute atomic E-state index is 0.241. The lowest BCUT2D eigenvalue weighted by Gasteiger charge is -2.42. The Morgan fingerprint density at radius 3 is 2.29 bits per heavy atom. The lowest BCUT2D eigenvalue weighted by atomic mass is 10.00. The SMILES string of the molecule is CC(C)(C)N1CCN(Cc2cccc(-c3cncc(-c4cc(NC5CCCC5)nc(-c5ccccn5)c4)c3)c2)CC1. The van der Waals surface area contributed by atoms with Gasteiger partial charge in [-0.3, -0.25) is 19.8 Å². The Balaban J connectivity index is 1.24. The molecule has 0 atom stereocenters. The monoisotopic (exact) mass is 546 g/mol. The highest BCUT2D eigenvalue weighted by molar-refractivity contribution is 5.76. The largest absolute Gasteiger partial charge is 0.367 e. The molecule has 6 rings (SSSR count). The van der Waals surface area contributed by atoms with Crippen LogP contribution in [0.2, 0.25) is 0 Å². The summed E-state index contributed by atoms with van der Waals surface area (Å²) >= 11 is 0. The van der Waals surface area contributed by atoms with Gasteiger partial charge in [0, 0.05) is 74.0 Å². The molecule has 2 fully saturated rings. The third-order valence-electron chi connectivity index (χ3n) is 8.52. The van der Waals surface area contributed by atoms with Gasteiger partial charge in [0.25, 0.3) is 0 Å². The average molecular weight is 547 g/mol. The molecule has 3 aromatic heterocycles. The normalized spacial score (nSPS) is 17.1. The molecule has 1 aliphatic heterocycles. The second kappa shape index (κ2) is 12.1. The van der Waals surface area contributed by atoms with Crippen LogP contribution in [0.25, 0.3) is 33.6 Å². The molecule has 4 aromatic rings. The molecule has 41 heavy (non-hydrogen) atoms. The van der Waals surface area contributed by atoms with Crippen LogP contribution >= 0.6 is 0 Å². The number of hydrogen-bond donors (Lipinski definition) is 1.